The van der Waals surface area contributed by atoms with Crippen LogP contribution in [0.3, 0.4) is 0 Å². The normalized spacial score (nSPS) is 16.7. The van der Waals surface area contributed by atoms with Gasteiger partial charge in [0, 0.05) is 52.9 Å². The minimum absolute atomic E-state index is 0.281. The number of nitrogens with zero attached hydrogens (tertiary/aromatic N) is 4. The molecule has 1 aliphatic rings. The lowest BCUT2D eigenvalue weighted by atomic mass is 10.1. The number of hydrogen-bond donors (Lipinski definition) is 1. The molecule has 7 nitrogen and oxygen atoms in total. The third kappa shape index (κ3) is 3.89. The molecule has 7 heteroatoms. The zero-order chi connectivity index (χ0) is 18.7. The molecule has 1 unspecified atom stereocenters. The second-order valence-electron chi connectivity index (χ2n) is 6.79. The van der Waals surface area contributed by atoms with Gasteiger partial charge >= 0.3 is 5.69 Å². The van der Waals surface area contributed by atoms with Crippen molar-refractivity contribution in [3.63, 3.8) is 0 Å². The molecule has 2 aromatic rings. The first-order valence-corrected chi connectivity index (χ1v) is 8.95. The van der Waals surface area contributed by atoms with Gasteiger partial charge in [0.05, 0.1) is 6.10 Å². The Morgan fingerprint density at radius 2 is 1.65 bits per heavy atom. The molecule has 0 spiro atoms. The summed E-state index contributed by atoms with van der Waals surface area (Å²) in [6.07, 6.45) is 0.237. The summed E-state index contributed by atoms with van der Waals surface area (Å²) in [6, 6.07) is 11.2. The largest absolute Gasteiger partial charge is 0.388 e. The predicted molar refractivity (Wildman–Crippen MR) is 102 cm³/mol. The average molecular weight is 358 g/mol. The van der Waals surface area contributed by atoms with Crippen molar-refractivity contribution in [1.29, 1.82) is 0 Å². The van der Waals surface area contributed by atoms with Crippen molar-refractivity contribution in [2.24, 2.45) is 14.1 Å². The van der Waals surface area contributed by atoms with Gasteiger partial charge in [-0.3, -0.25) is 18.8 Å². The van der Waals surface area contributed by atoms with Crippen LogP contribution in [0.1, 0.15) is 18.1 Å². The second kappa shape index (κ2) is 7.88. The van der Waals surface area contributed by atoms with E-state index < -0.39 is 6.10 Å². The lowest BCUT2D eigenvalue weighted by Crippen LogP contribution is -2.49. The summed E-state index contributed by atoms with van der Waals surface area (Å²) in [4.78, 5) is 28.4. The molecule has 1 aliphatic heterocycles. The van der Waals surface area contributed by atoms with E-state index in [0.717, 1.165) is 42.9 Å². The second-order valence-corrected chi connectivity index (χ2v) is 6.79. The maximum absolute atomic E-state index is 12.1. The van der Waals surface area contributed by atoms with Gasteiger partial charge < -0.3 is 10.0 Å². The molecule has 2 heterocycles. The fourth-order valence-corrected chi connectivity index (χ4v) is 3.37. The van der Waals surface area contributed by atoms with E-state index in [-0.39, 0.29) is 11.2 Å². The molecule has 0 amide bonds. The fourth-order valence-electron chi connectivity index (χ4n) is 3.37. The lowest BCUT2D eigenvalue weighted by molar-refractivity contribution is 0.139. The number of aromatic nitrogens is 2. The number of aliphatic hydroxyl groups is 1. The van der Waals surface area contributed by atoms with Crippen molar-refractivity contribution in [2.45, 2.75) is 12.5 Å². The van der Waals surface area contributed by atoms with Gasteiger partial charge in [0.1, 0.15) is 5.82 Å². The molecule has 1 fully saturated rings. The highest BCUT2D eigenvalue weighted by Crippen LogP contribution is 2.18. The topological polar surface area (TPSA) is 70.7 Å². The van der Waals surface area contributed by atoms with Gasteiger partial charge in [-0.15, -0.1) is 0 Å². The summed E-state index contributed by atoms with van der Waals surface area (Å²) in [7, 11) is 3.18. The fraction of sp³-hybridized carbons (Fsp3) is 0.474. The maximum atomic E-state index is 12.1. The van der Waals surface area contributed by atoms with E-state index in [4.69, 9.17) is 0 Å². The lowest BCUT2D eigenvalue weighted by Gasteiger charge is -2.36. The van der Waals surface area contributed by atoms with E-state index in [0.29, 0.717) is 12.2 Å². The molecule has 3 rings (SSSR count). The van der Waals surface area contributed by atoms with Crippen molar-refractivity contribution in [3.8, 4) is 0 Å². The Balaban J connectivity index is 1.57. The third-order valence-corrected chi connectivity index (χ3v) is 5.10. The Labute approximate surface area is 152 Å². The van der Waals surface area contributed by atoms with Crippen LogP contribution >= 0.6 is 0 Å². The predicted octanol–water partition coefficient (Wildman–Crippen LogP) is 0.330. The summed E-state index contributed by atoms with van der Waals surface area (Å²) >= 11 is 0. The van der Waals surface area contributed by atoms with Crippen LogP contribution < -0.4 is 16.1 Å². The molecule has 0 radical (unpaired) electrons. The monoisotopic (exact) mass is 358 g/mol. The minimum Gasteiger partial charge on any atom is -0.388 e. The maximum Gasteiger partial charge on any atom is 0.332 e. The highest BCUT2D eigenvalue weighted by atomic mass is 16.3. The van der Waals surface area contributed by atoms with Crippen LogP contribution in [0.25, 0.3) is 0 Å². The standard InChI is InChI=1S/C19H26N4O3/c1-20-17(14-18(25)21(2)19(20)26)23-12-10-22(11-13-23)9-8-16(24)15-6-4-3-5-7-15/h3-7,14,16,24H,8-13H2,1-2H3. The summed E-state index contributed by atoms with van der Waals surface area (Å²) < 4.78 is 2.64. The smallest absolute Gasteiger partial charge is 0.332 e. The molecule has 1 aromatic heterocycles. The average Bonchev–Trinajstić information content (AvgIpc) is 2.68. The van der Waals surface area contributed by atoms with E-state index in [9.17, 15) is 14.7 Å². The minimum atomic E-state index is -0.452. The van der Waals surface area contributed by atoms with Crippen LogP contribution in [0.4, 0.5) is 5.82 Å². The van der Waals surface area contributed by atoms with E-state index >= 15 is 0 Å². The molecule has 1 aromatic carbocycles. The van der Waals surface area contributed by atoms with Crippen LogP contribution in [0.15, 0.2) is 46.0 Å². The first-order valence-electron chi connectivity index (χ1n) is 8.95. The summed E-state index contributed by atoms with van der Waals surface area (Å²) in [5.74, 6) is 0.669. The molecule has 140 valence electrons. The van der Waals surface area contributed by atoms with Crippen LogP contribution in [-0.4, -0.2) is 51.9 Å². The Bertz CT molecular complexity index is 851. The summed E-state index contributed by atoms with van der Waals surface area (Å²) in [5.41, 5.74) is 0.360. The van der Waals surface area contributed by atoms with Gasteiger partial charge in [-0.2, -0.15) is 0 Å². The number of anilines is 1. The molecular weight excluding hydrogens is 332 g/mol. The number of benzene rings is 1. The molecule has 1 N–H and O–H groups in total. The van der Waals surface area contributed by atoms with Crippen molar-refractivity contribution < 1.29 is 5.11 Å². The van der Waals surface area contributed by atoms with Gasteiger partial charge in [0.25, 0.3) is 5.56 Å². The Morgan fingerprint density at radius 3 is 2.31 bits per heavy atom. The first kappa shape index (κ1) is 18.4. The van der Waals surface area contributed by atoms with Gasteiger partial charge in [-0.1, -0.05) is 30.3 Å². The van der Waals surface area contributed by atoms with Crippen molar-refractivity contribution in [1.82, 2.24) is 14.0 Å². The van der Waals surface area contributed by atoms with Gasteiger partial charge in [0.15, 0.2) is 0 Å². The molecule has 26 heavy (non-hydrogen) atoms. The van der Waals surface area contributed by atoms with Crippen molar-refractivity contribution in [2.75, 3.05) is 37.6 Å². The van der Waals surface area contributed by atoms with E-state index in [1.54, 1.807) is 7.05 Å². The Hall–Kier alpha value is -2.38. The molecule has 0 aliphatic carbocycles. The highest BCUT2D eigenvalue weighted by molar-refractivity contribution is 5.38. The van der Waals surface area contributed by atoms with Gasteiger partial charge in [-0.05, 0) is 12.0 Å². The van der Waals surface area contributed by atoms with Crippen LogP contribution in [0.5, 0.6) is 0 Å². The van der Waals surface area contributed by atoms with E-state index in [2.05, 4.69) is 9.80 Å². The quantitative estimate of drug-likeness (QED) is 0.834. The van der Waals surface area contributed by atoms with Crippen molar-refractivity contribution >= 4 is 5.82 Å². The number of aliphatic hydroxyl groups excluding tert-OH is 1. The molecule has 1 atom stereocenters. The number of piperazine rings is 1. The van der Waals surface area contributed by atoms with Crippen molar-refractivity contribution in [3.05, 3.63) is 62.8 Å². The van der Waals surface area contributed by atoms with E-state index in [1.165, 1.54) is 17.7 Å². The number of hydrogen-bond acceptors (Lipinski definition) is 5. The first-order chi connectivity index (χ1) is 12.5. The van der Waals surface area contributed by atoms with E-state index in [1.807, 2.05) is 30.3 Å². The molecule has 0 bridgehead atoms. The SMILES string of the molecule is Cn1c(N2CCN(CCC(O)c3ccccc3)CC2)cc(=O)n(C)c1=O. The number of rotatable bonds is 5. The zero-order valence-electron chi connectivity index (χ0n) is 15.3. The molecular formula is C19H26N4O3. The van der Waals surface area contributed by atoms with Crippen LogP contribution in [0.2, 0.25) is 0 Å². The molecule has 0 saturated carbocycles. The van der Waals surface area contributed by atoms with Gasteiger partial charge in [-0.25, -0.2) is 4.79 Å². The third-order valence-electron chi connectivity index (χ3n) is 5.10. The summed E-state index contributed by atoms with van der Waals surface area (Å²) in [6.45, 7) is 4.00. The Kier molecular flexibility index (Phi) is 5.58. The zero-order valence-corrected chi connectivity index (χ0v) is 15.3. The van der Waals surface area contributed by atoms with Crippen LogP contribution in [-0.2, 0) is 14.1 Å². The summed E-state index contributed by atoms with van der Waals surface area (Å²) in [5, 5.41) is 10.3. The molecule has 1 saturated heterocycles. The highest BCUT2D eigenvalue weighted by Gasteiger charge is 2.21. The Morgan fingerprint density at radius 1 is 1.00 bits per heavy atom. The van der Waals surface area contributed by atoms with Crippen LogP contribution in [0, 0.1) is 0 Å². The van der Waals surface area contributed by atoms with Gasteiger partial charge in [0.2, 0.25) is 0 Å².